The van der Waals surface area contributed by atoms with Crippen LogP contribution in [-0.2, 0) is 9.59 Å². The van der Waals surface area contributed by atoms with Crippen LogP contribution in [0.25, 0.3) is 0 Å². The van der Waals surface area contributed by atoms with Crippen LogP contribution in [0.3, 0.4) is 0 Å². The van der Waals surface area contributed by atoms with Gasteiger partial charge >= 0.3 is 0 Å². The highest BCUT2D eigenvalue weighted by Crippen LogP contribution is 2.28. The number of piperazine rings is 2. The fourth-order valence-electron chi connectivity index (χ4n) is 3.94. The molecular formula is C20H30N6O4. The summed E-state index contributed by atoms with van der Waals surface area (Å²) in [4.78, 5) is 43.4. The van der Waals surface area contributed by atoms with Crippen LogP contribution in [0, 0.1) is 10.1 Å². The molecule has 0 unspecified atom stereocenters. The zero-order valence-electron chi connectivity index (χ0n) is 17.5. The SMILES string of the molecule is CCNC(=O)CN1CCN(CC(=O)N2CCN(c3ccccc3[N+](=O)[O-])CC2)CC1. The van der Waals surface area contributed by atoms with Gasteiger partial charge in [0.2, 0.25) is 11.8 Å². The maximum atomic E-state index is 12.7. The maximum Gasteiger partial charge on any atom is 0.292 e. The van der Waals surface area contributed by atoms with Gasteiger partial charge in [-0.15, -0.1) is 0 Å². The highest BCUT2D eigenvalue weighted by Gasteiger charge is 2.27. The fourth-order valence-corrected chi connectivity index (χ4v) is 3.94. The molecule has 2 fully saturated rings. The lowest BCUT2D eigenvalue weighted by Crippen LogP contribution is -2.54. The van der Waals surface area contributed by atoms with Crippen LogP contribution >= 0.6 is 0 Å². The molecule has 2 amide bonds. The molecule has 1 N–H and O–H groups in total. The third-order valence-corrected chi connectivity index (χ3v) is 5.62. The molecule has 0 aliphatic carbocycles. The minimum absolute atomic E-state index is 0.0403. The Kier molecular flexibility index (Phi) is 7.58. The smallest absolute Gasteiger partial charge is 0.292 e. The van der Waals surface area contributed by atoms with E-state index in [9.17, 15) is 19.7 Å². The van der Waals surface area contributed by atoms with Crippen molar-refractivity contribution >= 4 is 23.2 Å². The van der Waals surface area contributed by atoms with Gasteiger partial charge in [-0.1, -0.05) is 12.1 Å². The Morgan fingerprint density at radius 2 is 1.57 bits per heavy atom. The number of anilines is 1. The summed E-state index contributed by atoms with van der Waals surface area (Å²) < 4.78 is 0. The molecule has 164 valence electrons. The minimum atomic E-state index is -0.363. The number of amides is 2. The molecule has 3 rings (SSSR count). The molecule has 0 atom stereocenters. The summed E-state index contributed by atoms with van der Waals surface area (Å²) in [6, 6.07) is 6.73. The summed E-state index contributed by atoms with van der Waals surface area (Å²) in [6.45, 7) is 8.68. The molecule has 10 nitrogen and oxygen atoms in total. The lowest BCUT2D eigenvalue weighted by molar-refractivity contribution is -0.384. The highest BCUT2D eigenvalue weighted by molar-refractivity contribution is 5.79. The molecule has 1 aromatic rings. The van der Waals surface area contributed by atoms with Crippen molar-refractivity contribution in [3.8, 4) is 0 Å². The Morgan fingerprint density at radius 1 is 0.967 bits per heavy atom. The lowest BCUT2D eigenvalue weighted by atomic mass is 10.2. The van der Waals surface area contributed by atoms with Crippen LogP contribution in [-0.4, -0.2) is 103 Å². The number of hydrogen-bond acceptors (Lipinski definition) is 7. The number of nitrogens with one attached hydrogen (secondary N) is 1. The number of rotatable bonds is 7. The molecule has 30 heavy (non-hydrogen) atoms. The molecule has 2 aliphatic rings. The van der Waals surface area contributed by atoms with E-state index in [1.165, 1.54) is 6.07 Å². The lowest BCUT2D eigenvalue weighted by Gasteiger charge is -2.38. The van der Waals surface area contributed by atoms with Crippen LogP contribution < -0.4 is 10.2 Å². The minimum Gasteiger partial charge on any atom is -0.362 e. The molecule has 2 heterocycles. The number of carbonyl (C=O) groups excluding carboxylic acids is 2. The van der Waals surface area contributed by atoms with Gasteiger partial charge < -0.3 is 15.1 Å². The zero-order chi connectivity index (χ0) is 21.5. The normalized spacial score (nSPS) is 18.3. The van der Waals surface area contributed by atoms with Gasteiger partial charge in [-0.2, -0.15) is 0 Å². The monoisotopic (exact) mass is 418 g/mol. The Bertz CT molecular complexity index is 757. The average Bonchev–Trinajstić information content (AvgIpc) is 2.75. The number of nitro groups is 1. The van der Waals surface area contributed by atoms with Gasteiger partial charge in [0.1, 0.15) is 5.69 Å². The van der Waals surface area contributed by atoms with Crippen molar-refractivity contribution in [1.29, 1.82) is 0 Å². The molecule has 0 radical (unpaired) electrons. The number of para-hydroxylation sites is 2. The first kappa shape index (κ1) is 22.0. The van der Waals surface area contributed by atoms with Gasteiger partial charge in [-0.25, -0.2) is 0 Å². The Morgan fingerprint density at radius 3 is 2.17 bits per heavy atom. The molecule has 0 aromatic heterocycles. The number of benzene rings is 1. The standard InChI is InChI=1S/C20H30N6O4/c1-2-21-19(27)15-22-7-9-23(10-8-22)16-20(28)25-13-11-24(12-14-25)17-5-3-4-6-18(17)26(29)30/h3-6H,2,7-16H2,1H3,(H,21,27). The van der Waals surface area contributed by atoms with Crippen molar-refractivity contribution in [3.05, 3.63) is 34.4 Å². The van der Waals surface area contributed by atoms with Gasteiger partial charge in [0, 0.05) is 65.0 Å². The quantitative estimate of drug-likeness (QED) is 0.491. The number of carbonyl (C=O) groups is 2. The first-order chi connectivity index (χ1) is 14.5. The zero-order valence-corrected chi connectivity index (χ0v) is 17.5. The Balaban J connectivity index is 1.43. The van der Waals surface area contributed by atoms with Crippen LogP contribution in [0.2, 0.25) is 0 Å². The van der Waals surface area contributed by atoms with Crippen molar-refractivity contribution in [2.24, 2.45) is 0 Å². The van der Waals surface area contributed by atoms with E-state index in [2.05, 4.69) is 15.1 Å². The molecule has 10 heteroatoms. The van der Waals surface area contributed by atoms with E-state index in [0.717, 1.165) is 26.2 Å². The van der Waals surface area contributed by atoms with Gasteiger partial charge in [-0.05, 0) is 13.0 Å². The summed E-state index contributed by atoms with van der Waals surface area (Å²) in [6.07, 6.45) is 0. The first-order valence-corrected chi connectivity index (χ1v) is 10.5. The second kappa shape index (κ2) is 10.4. The summed E-state index contributed by atoms with van der Waals surface area (Å²) in [5.74, 6) is 0.132. The molecule has 0 saturated carbocycles. The van der Waals surface area contributed by atoms with Crippen molar-refractivity contribution in [1.82, 2.24) is 20.0 Å². The third-order valence-electron chi connectivity index (χ3n) is 5.62. The molecule has 0 spiro atoms. The second-order valence-electron chi connectivity index (χ2n) is 7.62. The van der Waals surface area contributed by atoms with Crippen molar-refractivity contribution < 1.29 is 14.5 Å². The molecule has 2 aliphatic heterocycles. The first-order valence-electron chi connectivity index (χ1n) is 10.5. The molecule has 1 aromatic carbocycles. The van der Waals surface area contributed by atoms with Crippen LogP contribution in [0.15, 0.2) is 24.3 Å². The van der Waals surface area contributed by atoms with Crippen LogP contribution in [0.1, 0.15) is 6.92 Å². The van der Waals surface area contributed by atoms with E-state index >= 15 is 0 Å². The highest BCUT2D eigenvalue weighted by atomic mass is 16.6. The summed E-state index contributed by atoms with van der Waals surface area (Å²) in [5.41, 5.74) is 0.709. The van der Waals surface area contributed by atoms with Crippen molar-refractivity contribution in [2.75, 3.05) is 76.9 Å². The van der Waals surface area contributed by atoms with E-state index in [0.29, 0.717) is 51.5 Å². The predicted molar refractivity (Wildman–Crippen MR) is 113 cm³/mol. The van der Waals surface area contributed by atoms with Gasteiger partial charge in [-0.3, -0.25) is 29.5 Å². The summed E-state index contributed by atoms with van der Waals surface area (Å²) in [5, 5.41) is 14.1. The van der Waals surface area contributed by atoms with E-state index < -0.39 is 0 Å². The van der Waals surface area contributed by atoms with Crippen LogP contribution in [0.5, 0.6) is 0 Å². The number of nitro benzene ring substituents is 1. The Labute approximate surface area is 176 Å². The molecule has 2 saturated heterocycles. The van der Waals surface area contributed by atoms with Crippen LogP contribution in [0.4, 0.5) is 11.4 Å². The van der Waals surface area contributed by atoms with Gasteiger partial charge in [0.05, 0.1) is 18.0 Å². The Hall–Kier alpha value is -2.72. The van der Waals surface area contributed by atoms with E-state index in [1.807, 2.05) is 16.7 Å². The van der Waals surface area contributed by atoms with E-state index in [4.69, 9.17) is 0 Å². The van der Waals surface area contributed by atoms with Gasteiger partial charge in [0.25, 0.3) is 5.69 Å². The van der Waals surface area contributed by atoms with Crippen molar-refractivity contribution in [2.45, 2.75) is 6.92 Å². The molecule has 0 bridgehead atoms. The maximum absolute atomic E-state index is 12.7. The van der Waals surface area contributed by atoms with E-state index in [1.54, 1.807) is 18.2 Å². The fraction of sp³-hybridized carbons (Fsp3) is 0.600. The topological polar surface area (TPSA) is 102 Å². The third kappa shape index (κ3) is 5.67. The summed E-state index contributed by atoms with van der Waals surface area (Å²) >= 11 is 0. The van der Waals surface area contributed by atoms with Crippen molar-refractivity contribution in [3.63, 3.8) is 0 Å². The number of hydrogen-bond donors (Lipinski definition) is 1. The largest absolute Gasteiger partial charge is 0.362 e. The number of likely N-dealkylation sites (N-methyl/N-ethyl adjacent to an activating group) is 1. The second-order valence-corrected chi connectivity index (χ2v) is 7.62. The van der Waals surface area contributed by atoms with E-state index in [-0.39, 0.29) is 22.4 Å². The van der Waals surface area contributed by atoms with Gasteiger partial charge in [0.15, 0.2) is 0 Å². The predicted octanol–water partition coefficient (Wildman–Crippen LogP) is -0.00290. The number of nitrogens with zero attached hydrogens (tertiary/aromatic N) is 5. The average molecular weight is 418 g/mol. The molecular weight excluding hydrogens is 388 g/mol. The summed E-state index contributed by atoms with van der Waals surface area (Å²) in [7, 11) is 0.